The molecule has 126 valence electrons. The van der Waals surface area contributed by atoms with Gasteiger partial charge in [-0.05, 0) is 49.8 Å². The van der Waals surface area contributed by atoms with Gasteiger partial charge >= 0.3 is 5.97 Å². The molecule has 1 aliphatic rings. The molecule has 0 bridgehead atoms. The predicted octanol–water partition coefficient (Wildman–Crippen LogP) is 3.38. The number of rotatable bonds is 4. The second kappa shape index (κ2) is 6.91. The first-order valence-electron chi connectivity index (χ1n) is 8.21. The van der Waals surface area contributed by atoms with Gasteiger partial charge in [0.25, 0.3) is 5.91 Å². The summed E-state index contributed by atoms with van der Waals surface area (Å²) in [6, 6.07) is 8.95. The van der Waals surface area contributed by atoms with Gasteiger partial charge in [-0.25, -0.2) is 4.79 Å². The van der Waals surface area contributed by atoms with E-state index in [0.717, 1.165) is 30.4 Å². The van der Waals surface area contributed by atoms with Gasteiger partial charge in [0.15, 0.2) is 5.76 Å². The Morgan fingerprint density at radius 2 is 1.92 bits per heavy atom. The number of carbonyl (C=O) groups excluding carboxylic acids is 1. The Bertz CT molecular complexity index is 741. The molecular weight excluding hydrogens is 306 g/mol. The number of hydrogen-bond acceptors (Lipinski definition) is 3. The summed E-state index contributed by atoms with van der Waals surface area (Å²) in [5.41, 5.74) is 2.11. The van der Waals surface area contributed by atoms with Gasteiger partial charge in [0.1, 0.15) is 0 Å². The first-order valence-corrected chi connectivity index (χ1v) is 8.21. The molecule has 1 fully saturated rings. The van der Waals surface area contributed by atoms with E-state index in [4.69, 9.17) is 4.42 Å². The molecule has 2 aromatic rings. The van der Waals surface area contributed by atoms with Crippen molar-refractivity contribution in [1.29, 1.82) is 0 Å². The summed E-state index contributed by atoms with van der Waals surface area (Å²) in [6.07, 6.45) is 4.03. The number of carbonyl (C=O) groups is 2. The van der Waals surface area contributed by atoms with Gasteiger partial charge in [-0.15, -0.1) is 0 Å². The van der Waals surface area contributed by atoms with Crippen molar-refractivity contribution in [3.05, 3.63) is 59.0 Å². The smallest absolute Gasteiger partial charge is 0.335 e. The van der Waals surface area contributed by atoms with E-state index in [1.54, 1.807) is 18.2 Å². The zero-order valence-electron chi connectivity index (χ0n) is 13.7. The summed E-state index contributed by atoms with van der Waals surface area (Å²) >= 11 is 0. The van der Waals surface area contributed by atoms with Gasteiger partial charge in [0, 0.05) is 18.7 Å². The van der Waals surface area contributed by atoms with Crippen LogP contribution in [-0.4, -0.2) is 35.0 Å². The molecule has 5 nitrogen and oxygen atoms in total. The Balaban J connectivity index is 1.61. The molecule has 1 aliphatic heterocycles. The molecule has 1 saturated heterocycles. The number of furan rings is 1. The summed E-state index contributed by atoms with van der Waals surface area (Å²) in [5.74, 6) is -0.120. The highest BCUT2D eigenvalue weighted by molar-refractivity contribution is 5.93. The summed E-state index contributed by atoms with van der Waals surface area (Å²) in [5, 5.41) is 9.28. The third-order valence-corrected chi connectivity index (χ3v) is 4.71. The highest BCUT2D eigenvalue weighted by Crippen LogP contribution is 2.25. The average Bonchev–Trinajstić information content (AvgIpc) is 3.01. The van der Waals surface area contributed by atoms with Crippen LogP contribution in [0.25, 0.3) is 0 Å². The maximum atomic E-state index is 12.4. The van der Waals surface area contributed by atoms with E-state index in [2.05, 4.69) is 0 Å². The number of nitrogens with zero attached hydrogens (tertiary/aromatic N) is 1. The zero-order chi connectivity index (χ0) is 17.1. The normalized spacial score (nSPS) is 15.5. The fourth-order valence-electron chi connectivity index (χ4n) is 3.29. The molecule has 0 atom stereocenters. The molecular formula is C19H21NO4. The lowest BCUT2D eigenvalue weighted by molar-refractivity contribution is 0.0657. The summed E-state index contributed by atoms with van der Waals surface area (Å²) in [4.78, 5) is 25.6. The number of hydrogen-bond donors (Lipinski definition) is 1. The fourth-order valence-corrected chi connectivity index (χ4v) is 3.29. The van der Waals surface area contributed by atoms with Crippen LogP contribution in [0.1, 0.15) is 44.9 Å². The number of carboxylic acid groups (broad SMARTS) is 1. The molecule has 0 aliphatic carbocycles. The predicted molar refractivity (Wildman–Crippen MR) is 89.2 cm³/mol. The number of carboxylic acids is 1. The van der Waals surface area contributed by atoms with Crippen molar-refractivity contribution >= 4 is 11.9 Å². The minimum absolute atomic E-state index is 0.0538. The van der Waals surface area contributed by atoms with Crippen LogP contribution >= 0.6 is 0 Å². The molecule has 0 radical (unpaired) electrons. The molecule has 1 aromatic heterocycles. The van der Waals surface area contributed by atoms with Crippen LogP contribution in [0.15, 0.2) is 41.0 Å². The second-order valence-corrected chi connectivity index (χ2v) is 6.33. The average molecular weight is 327 g/mol. The monoisotopic (exact) mass is 327 g/mol. The highest BCUT2D eigenvalue weighted by Gasteiger charge is 2.26. The Morgan fingerprint density at radius 1 is 1.21 bits per heavy atom. The third-order valence-electron chi connectivity index (χ3n) is 4.71. The van der Waals surface area contributed by atoms with E-state index < -0.39 is 5.97 Å². The minimum Gasteiger partial charge on any atom is -0.478 e. The number of aromatic carboxylic acids is 1. The van der Waals surface area contributed by atoms with Crippen molar-refractivity contribution in [2.45, 2.75) is 26.2 Å². The molecule has 1 amide bonds. The maximum Gasteiger partial charge on any atom is 0.335 e. The highest BCUT2D eigenvalue weighted by atomic mass is 16.4. The van der Waals surface area contributed by atoms with Crippen LogP contribution in [0.2, 0.25) is 0 Å². The van der Waals surface area contributed by atoms with Crippen LogP contribution in [0.3, 0.4) is 0 Å². The second-order valence-electron chi connectivity index (χ2n) is 6.33. The van der Waals surface area contributed by atoms with Gasteiger partial charge in [-0.3, -0.25) is 4.79 Å². The SMILES string of the molecule is Cc1ccoc1C(=O)N1CCC(Cc2ccccc2C(=O)O)CC1. The third kappa shape index (κ3) is 3.35. The molecule has 0 unspecified atom stereocenters. The van der Waals surface area contributed by atoms with Crippen molar-refractivity contribution in [3.8, 4) is 0 Å². The minimum atomic E-state index is -0.883. The van der Waals surface area contributed by atoms with Crippen molar-refractivity contribution in [1.82, 2.24) is 4.90 Å². The Morgan fingerprint density at radius 3 is 2.54 bits per heavy atom. The first kappa shape index (κ1) is 16.3. The van der Waals surface area contributed by atoms with Crippen LogP contribution in [0, 0.1) is 12.8 Å². The van der Waals surface area contributed by atoms with Gasteiger partial charge in [-0.1, -0.05) is 18.2 Å². The lowest BCUT2D eigenvalue weighted by atomic mass is 9.88. The molecule has 1 aromatic carbocycles. The molecule has 0 spiro atoms. The van der Waals surface area contributed by atoms with E-state index in [9.17, 15) is 14.7 Å². The zero-order valence-corrected chi connectivity index (χ0v) is 13.7. The van der Waals surface area contributed by atoms with Crippen molar-refractivity contribution in [2.75, 3.05) is 13.1 Å². The van der Waals surface area contributed by atoms with Gasteiger partial charge in [-0.2, -0.15) is 0 Å². The van der Waals surface area contributed by atoms with Crippen LogP contribution in [0.5, 0.6) is 0 Å². The Labute approximate surface area is 140 Å². The molecule has 2 heterocycles. The van der Waals surface area contributed by atoms with E-state index >= 15 is 0 Å². The number of likely N-dealkylation sites (tertiary alicyclic amines) is 1. The number of benzene rings is 1. The molecule has 0 saturated carbocycles. The Hall–Kier alpha value is -2.56. The lowest BCUT2D eigenvalue weighted by Crippen LogP contribution is -2.39. The molecule has 24 heavy (non-hydrogen) atoms. The van der Waals surface area contributed by atoms with E-state index in [1.165, 1.54) is 6.26 Å². The van der Waals surface area contributed by atoms with Crippen LogP contribution < -0.4 is 0 Å². The fraction of sp³-hybridized carbons (Fsp3) is 0.368. The van der Waals surface area contributed by atoms with E-state index in [1.807, 2.05) is 24.0 Å². The topological polar surface area (TPSA) is 70.8 Å². The number of aryl methyl sites for hydroxylation is 1. The van der Waals surface area contributed by atoms with Crippen molar-refractivity contribution in [2.24, 2.45) is 5.92 Å². The number of amides is 1. The summed E-state index contributed by atoms with van der Waals surface area (Å²) < 4.78 is 5.29. The summed E-state index contributed by atoms with van der Waals surface area (Å²) in [7, 11) is 0. The largest absolute Gasteiger partial charge is 0.478 e. The molecule has 1 N–H and O–H groups in total. The summed E-state index contributed by atoms with van der Waals surface area (Å²) in [6.45, 7) is 3.23. The standard InChI is InChI=1S/C19H21NO4/c1-13-8-11-24-17(13)18(21)20-9-6-14(7-10-20)12-15-4-2-3-5-16(15)19(22)23/h2-5,8,11,14H,6-7,9-10,12H2,1H3,(H,22,23). The lowest BCUT2D eigenvalue weighted by Gasteiger charge is -2.31. The van der Waals surface area contributed by atoms with E-state index in [-0.39, 0.29) is 5.91 Å². The van der Waals surface area contributed by atoms with Crippen LogP contribution in [-0.2, 0) is 6.42 Å². The maximum absolute atomic E-state index is 12.4. The van der Waals surface area contributed by atoms with Gasteiger partial charge in [0.2, 0.25) is 0 Å². The van der Waals surface area contributed by atoms with Gasteiger partial charge in [0.05, 0.1) is 11.8 Å². The molecule has 3 rings (SSSR count). The Kier molecular flexibility index (Phi) is 4.69. The first-order chi connectivity index (χ1) is 11.6. The van der Waals surface area contributed by atoms with Gasteiger partial charge < -0.3 is 14.4 Å². The van der Waals surface area contributed by atoms with Crippen molar-refractivity contribution in [3.63, 3.8) is 0 Å². The number of piperidine rings is 1. The van der Waals surface area contributed by atoms with Crippen LogP contribution in [0.4, 0.5) is 0 Å². The van der Waals surface area contributed by atoms with Crippen molar-refractivity contribution < 1.29 is 19.1 Å². The molecule has 5 heteroatoms. The quantitative estimate of drug-likeness (QED) is 0.934. The van der Waals surface area contributed by atoms with E-state index in [0.29, 0.717) is 30.3 Å².